The first-order valence-electron chi connectivity index (χ1n) is 5.72. The van der Waals surface area contributed by atoms with Gasteiger partial charge in [-0.3, -0.25) is 14.9 Å². The lowest BCUT2D eigenvalue weighted by molar-refractivity contribution is -0.385. The van der Waals surface area contributed by atoms with Crippen LogP contribution in [0.15, 0.2) is 36.5 Å². The molecule has 0 aliphatic heterocycles. The van der Waals surface area contributed by atoms with Crippen LogP contribution in [0.2, 0.25) is 0 Å². The Labute approximate surface area is 110 Å². The van der Waals surface area contributed by atoms with Crippen molar-refractivity contribution in [3.8, 4) is 0 Å². The van der Waals surface area contributed by atoms with Gasteiger partial charge in [-0.25, -0.2) is 4.98 Å². The Bertz CT molecular complexity index is 648. The fourth-order valence-corrected chi connectivity index (χ4v) is 1.76. The number of hydrogen-bond donors (Lipinski definition) is 0. The van der Waals surface area contributed by atoms with Gasteiger partial charge in [0.25, 0.3) is 5.69 Å². The van der Waals surface area contributed by atoms with E-state index in [4.69, 9.17) is 0 Å². The van der Waals surface area contributed by atoms with Crippen molar-refractivity contribution < 1.29 is 9.72 Å². The fourth-order valence-electron chi connectivity index (χ4n) is 1.76. The molecule has 0 N–H and O–H groups in total. The van der Waals surface area contributed by atoms with Gasteiger partial charge in [0, 0.05) is 11.6 Å². The molecule has 2 aromatic rings. The van der Waals surface area contributed by atoms with E-state index in [0.717, 1.165) is 17.3 Å². The molecule has 0 aliphatic rings. The average Bonchev–Trinajstić information content (AvgIpc) is 2.41. The highest BCUT2D eigenvalue weighted by Crippen LogP contribution is 2.17. The minimum absolute atomic E-state index is 0.127. The van der Waals surface area contributed by atoms with Crippen LogP contribution in [0, 0.1) is 24.0 Å². The predicted octanol–water partition coefficient (Wildman–Crippen LogP) is 2.84. The number of aryl methyl sites for hydroxylation is 1. The molecule has 0 atom stereocenters. The summed E-state index contributed by atoms with van der Waals surface area (Å²) in [5.41, 5.74) is 2.57. The summed E-state index contributed by atoms with van der Waals surface area (Å²) < 4.78 is 0. The number of carbonyl (C=O) groups is 1. The van der Waals surface area contributed by atoms with Crippen LogP contribution in [-0.4, -0.2) is 15.7 Å². The number of rotatable bonds is 3. The highest BCUT2D eigenvalue weighted by Gasteiger charge is 2.15. The van der Waals surface area contributed by atoms with Crippen LogP contribution < -0.4 is 0 Å². The lowest BCUT2D eigenvalue weighted by Gasteiger charge is -2.06. The SMILES string of the molecule is Cc1cccc(C(=O)c2ccc([N+](=O)[O-])cn2)c1C. The number of hydrogen-bond acceptors (Lipinski definition) is 4. The van der Waals surface area contributed by atoms with Gasteiger partial charge in [-0.05, 0) is 31.0 Å². The van der Waals surface area contributed by atoms with Crippen LogP contribution in [0.5, 0.6) is 0 Å². The molecule has 5 nitrogen and oxygen atoms in total. The maximum absolute atomic E-state index is 12.3. The number of nitrogens with zero attached hydrogens (tertiary/aromatic N) is 2. The summed E-state index contributed by atoms with van der Waals surface area (Å²) in [4.78, 5) is 26.1. The Balaban J connectivity index is 2.39. The van der Waals surface area contributed by atoms with E-state index in [1.807, 2.05) is 19.9 Å². The molecule has 1 aromatic heterocycles. The van der Waals surface area contributed by atoms with E-state index in [-0.39, 0.29) is 17.2 Å². The average molecular weight is 256 g/mol. The standard InChI is InChI=1S/C14H12N2O3/c1-9-4-3-5-12(10(9)2)14(17)13-7-6-11(8-15-13)16(18)19/h3-8H,1-2H3. The molecule has 0 amide bonds. The second-order valence-electron chi connectivity index (χ2n) is 4.24. The smallest absolute Gasteiger partial charge is 0.287 e. The minimum atomic E-state index is -0.542. The van der Waals surface area contributed by atoms with Crippen molar-refractivity contribution >= 4 is 11.5 Å². The second kappa shape index (κ2) is 4.97. The predicted molar refractivity (Wildman–Crippen MR) is 70.2 cm³/mol. The van der Waals surface area contributed by atoms with Crippen LogP contribution in [0.3, 0.4) is 0 Å². The first kappa shape index (κ1) is 12.9. The van der Waals surface area contributed by atoms with Crippen molar-refractivity contribution in [3.05, 3.63) is 69.0 Å². The zero-order chi connectivity index (χ0) is 14.0. The molecular formula is C14H12N2O3. The van der Waals surface area contributed by atoms with Crippen molar-refractivity contribution in [2.24, 2.45) is 0 Å². The molecule has 1 aromatic carbocycles. The second-order valence-corrected chi connectivity index (χ2v) is 4.24. The summed E-state index contributed by atoms with van der Waals surface area (Å²) in [6, 6.07) is 8.12. The Morgan fingerprint density at radius 2 is 1.95 bits per heavy atom. The first-order valence-corrected chi connectivity index (χ1v) is 5.72. The van der Waals surface area contributed by atoms with Crippen LogP contribution in [0.25, 0.3) is 0 Å². The van der Waals surface area contributed by atoms with Gasteiger partial charge < -0.3 is 0 Å². The topological polar surface area (TPSA) is 73.1 Å². The maximum Gasteiger partial charge on any atom is 0.287 e. The van der Waals surface area contributed by atoms with E-state index in [0.29, 0.717) is 5.56 Å². The minimum Gasteiger partial charge on any atom is -0.287 e. The zero-order valence-electron chi connectivity index (χ0n) is 10.6. The first-order chi connectivity index (χ1) is 9.00. The molecule has 2 rings (SSSR count). The Kier molecular flexibility index (Phi) is 3.37. The van der Waals surface area contributed by atoms with Crippen LogP contribution >= 0.6 is 0 Å². The summed E-state index contributed by atoms with van der Waals surface area (Å²) in [5, 5.41) is 10.5. The third-order valence-electron chi connectivity index (χ3n) is 3.04. The molecule has 0 spiro atoms. The number of ketones is 1. The van der Waals surface area contributed by atoms with E-state index in [2.05, 4.69) is 4.98 Å². The van der Waals surface area contributed by atoms with Crippen LogP contribution in [-0.2, 0) is 0 Å². The number of benzene rings is 1. The third kappa shape index (κ3) is 2.49. The summed E-state index contributed by atoms with van der Waals surface area (Å²) in [5.74, 6) is -0.226. The molecule has 0 saturated carbocycles. The molecule has 96 valence electrons. The third-order valence-corrected chi connectivity index (χ3v) is 3.04. The van der Waals surface area contributed by atoms with Gasteiger partial charge in [-0.15, -0.1) is 0 Å². The number of pyridine rings is 1. The van der Waals surface area contributed by atoms with Crippen LogP contribution in [0.1, 0.15) is 27.2 Å². The van der Waals surface area contributed by atoms with E-state index >= 15 is 0 Å². The number of carbonyl (C=O) groups excluding carboxylic acids is 1. The van der Waals surface area contributed by atoms with E-state index in [1.165, 1.54) is 12.1 Å². The maximum atomic E-state index is 12.3. The number of nitro groups is 1. The van der Waals surface area contributed by atoms with Crippen molar-refractivity contribution in [1.29, 1.82) is 0 Å². The summed E-state index contributed by atoms with van der Waals surface area (Å²) >= 11 is 0. The molecule has 0 saturated heterocycles. The molecule has 0 aliphatic carbocycles. The summed E-state index contributed by atoms with van der Waals surface area (Å²) in [7, 11) is 0. The molecule has 1 heterocycles. The van der Waals surface area contributed by atoms with E-state index in [9.17, 15) is 14.9 Å². The highest BCUT2D eigenvalue weighted by atomic mass is 16.6. The van der Waals surface area contributed by atoms with E-state index in [1.54, 1.807) is 12.1 Å². The van der Waals surface area contributed by atoms with Gasteiger partial charge in [-0.2, -0.15) is 0 Å². The molecule has 0 unspecified atom stereocenters. The zero-order valence-corrected chi connectivity index (χ0v) is 10.6. The van der Waals surface area contributed by atoms with Gasteiger partial charge in [0.15, 0.2) is 0 Å². The van der Waals surface area contributed by atoms with Crippen molar-refractivity contribution in [1.82, 2.24) is 4.98 Å². The molecule has 0 radical (unpaired) electrons. The van der Waals surface area contributed by atoms with Crippen LogP contribution in [0.4, 0.5) is 5.69 Å². The summed E-state index contributed by atoms with van der Waals surface area (Å²) in [6.45, 7) is 3.79. The van der Waals surface area contributed by atoms with Gasteiger partial charge in [-0.1, -0.05) is 18.2 Å². The monoisotopic (exact) mass is 256 g/mol. The normalized spacial score (nSPS) is 10.2. The van der Waals surface area contributed by atoms with Crippen molar-refractivity contribution in [3.63, 3.8) is 0 Å². The largest absolute Gasteiger partial charge is 0.287 e. The Morgan fingerprint density at radius 1 is 1.21 bits per heavy atom. The lowest BCUT2D eigenvalue weighted by Crippen LogP contribution is -2.07. The highest BCUT2D eigenvalue weighted by molar-refractivity contribution is 6.08. The number of aromatic nitrogens is 1. The Hall–Kier alpha value is -2.56. The van der Waals surface area contributed by atoms with E-state index < -0.39 is 4.92 Å². The molecule has 5 heteroatoms. The fraction of sp³-hybridized carbons (Fsp3) is 0.143. The Morgan fingerprint density at radius 3 is 2.53 bits per heavy atom. The lowest BCUT2D eigenvalue weighted by atomic mass is 9.98. The molecule has 0 bridgehead atoms. The van der Waals surface area contributed by atoms with Crippen molar-refractivity contribution in [2.75, 3.05) is 0 Å². The molecular weight excluding hydrogens is 244 g/mol. The van der Waals surface area contributed by atoms with Gasteiger partial charge in [0.2, 0.25) is 5.78 Å². The molecule has 0 fully saturated rings. The summed E-state index contributed by atoms with van der Waals surface area (Å²) in [6.07, 6.45) is 1.10. The molecule has 19 heavy (non-hydrogen) atoms. The quantitative estimate of drug-likeness (QED) is 0.481. The van der Waals surface area contributed by atoms with Gasteiger partial charge in [0.05, 0.1) is 4.92 Å². The van der Waals surface area contributed by atoms with Crippen molar-refractivity contribution in [2.45, 2.75) is 13.8 Å². The van der Waals surface area contributed by atoms with Gasteiger partial charge >= 0.3 is 0 Å². The van der Waals surface area contributed by atoms with Gasteiger partial charge in [0.1, 0.15) is 11.9 Å².